The van der Waals surface area contributed by atoms with Gasteiger partial charge in [0.05, 0.1) is 27.3 Å². The molecule has 29 heavy (non-hydrogen) atoms. The molecule has 2 aromatic carbocycles. The quantitative estimate of drug-likeness (QED) is 0.347. The SMILES string of the molecule is CC(CC(C)(C)C)c1ccc(OCCOCC[N+](C)(C)Cc2ccccc2)cc1. The van der Waals surface area contributed by atoms with Gasteiger partial charge >= 0.3 is 0 Å². The van der Waals surface area contributed by atoms with Crippen LogP contribution >= 0.6 is 0 Å². The zero-order valence-electron chi connectivity index (χ0n) is 19.3. The number of likely N-dealkylation sites (N-methyl/N-ethyl adjacent to an activating group) is 1. The van der Waals surface area contributed by atoms with Crippen LogP contribution < -0.4 is 4.74 Å². The molecule has 0 heterocycles. The van der Waals surface area contributed by atoms with Crippen LogP contribution in [0, 0.1) is 5.41 Å². The first-order valence-corrected chi connectivity index (χ1v) is 10.8. The van der Waals surface area contributed by atoms with Crippen LogP contribution in [0.2, 0.25) is 0 Å². The second-order valence-electron chi connectivity index (χ2n) is 10.00. The Morgan fingerprint density at radius 3 is 2.14 bits per heavy atom. The van der Waals surface area contributed by atoms with Gasteiger partial charge in [-0.25, -0.2) is 0 Å². The van der Waals surface area contributed by atoms with Crippen LogP contribution in [0.4, 0.5) is 0 Å². The predicted molar refractivity (Wildman–Crippen MR) is 122 cm³/mol. The zero-order chi connectivity index (χ0) is 21.3. The first kappa shape index (κ1) is 23.4. The lowest BCUT2D eigenvalue weighted by molar-refractivity contribution is -0.904. The van der Waals surface area contributed by atoms with Crippen LogP contribution in [0.3, 0.4) is 0 Å². The van der Waals surface area contributed by atoms with Gasteiger partial charge in [-0.2, -0.15) is 0 Å². The molecule has 0 bridgehead atoms. The van der Waals surface area contributed by atoms with Gasteiger partial charge in [-0.05, 0) is 35.4 Å². The van der Waals surface area contributed by atoms with Crippen LogP contribution in [0.25, 0.3) is 0 Å². The maximum absolute atomic E-state index is 5.84. The van der Waals surface area contributed by atoms with E-state index >= 15 is 0 Å². The summed E-state index contributed by atoms with van der Waals surface area (Å²) in [5.41, 5.74) is 3.09. The van der Waals surface area contributed by atoms with Crippen molar-refractivity contribution in [2.45, 2.75) is 46.6 Å². The second kappa shape index (κ2) is 10.8. The third-order valence-corrected chi connectivity index (χ3v) is 5.16. The van der Waals surface area contributed by atoms with Gasteiger partial charge in [0.25, 0.3) is 0 Å². The summed E-state index contributed by atoms with van der Waals surface area (Å²) in [4.78, 5) is 0. The third-order valence-electron chi connectivity index (χ3n) is 5.16. The number of ether oxygens (including phenoxy) is 2. The van der Waals surface area contributed by atoms with E-state index in [1.807, 2.05) is 0 Å². The van der Waals surface area contributed by atoms with Crippen molar-refractivity contribution >= 4 is 0 Å². The first-order chi connectivity index (χ1) is 13.6. The summed E-state index contributed by atoms with van der Waals surface area (Å²) in [6, 6.07) is 19.2. The Balaban J connectivity index is 1.64. The smallest absolute Gasteiger partial charge is 0.119 e. The largest absolute Gasteiger partial charge is 0.491 e. The maximum Gasteiger partial charge on any atom is 0.119 e. The lowest BCUT2D eigenvalue weighted by atomic mass is 9.82. The van der Waals surface area contributed by atoms with Gasteiger partial charge < -0.3 is 14.0 Å². The molecule has 0 fully saturated rings. The van der Waals surface area contributed by atoms with Crippen LogP contribution in [-0.2, 0) is 11.3 Å². The van der Waals surface area contributed by atoms with Gasteiger partial charge in [0.1, 0.15) is 25.4 Å². The molecule has 3 heteroatoms. The minimum absolute atomic E-state index is 0.348. The van der Waals surface area contributed by atoms with E-state index < -0.39 is 0 Å². The average molecular weight is 399 g/mol. The van der Waals surface area contributed by atoms with Gasteiger partial charge in [0, 0.05) is 5.56 Å². The monoisotopic (exact) mass is 398 g/mol. The van der Waals surface area contributed by atoms with Crippen LogP contribution in [-0.4, -0.2) is 44.9 Å². The van der Waals surface area contributed by atoms with E-state index in [4.69, 9.17) is 9.47 Å². The molecule has 0 aliphatic heterocycles. The summed E-state index contributed by atoms with van der Waals surface area (Å²) < 4.78 is 12.6. The van der Waals surface area contributed by atoms with Crippen LogP contribution in [0.5, 0.6) is 5.75 Å². The molecule has 0 spiro atoms. The Labute approximate surface area is 178 Å². The molecule has 160 valence electrons. The molecule has 0 saturated carbocycles. The average Bonchev–Trinajstić information content (AvgIpc) is 2.64. The van der Waals surface area contributed by atoms with Crippen molar-refractivity contribution < 1.29 is 14.0 Å². The lowest BCUT2D eigenvalue weighted by Gasteiger charge is -2.29. The fourth-order valence-corrected chi connectivity index (χ4v) is 3.72. The summed E-state index contributed by atoms with van der Waals surface area (Å²) in [6.45, 7) is 13.1. The van der Waals surface area contributed by atoms with Crippen molar-refractivity contribution in [3.8, 4) is 5.75 Å². The fourth-order valence-electron chi connectivity index (χ4n) is 3.72. The molecule has 0 aromatic heterocycles. The fraction of sp³-hybridized carbons (Fsp3) is 0.538. The molecule has 0 aliphatic carbocycles. The van der Waals surface area contributed by atoms with E-state index in [9.17, 15) is 0 Å². The Morgan fingerprint density at radius 2 is 1.52 bits per heavy atom. The topological polar surface area (TPSA) is 18.5 Å². The molecular weight excluding hydrogens is 358 g/mol. The summed E-state index contributed by atoms with van der Waals surface area (Å²) in [7, 11) is 4.49. The number of rotatable bonds is 11. The van der Waals surface area contributed by atoms with Gasteiger partial charge in [0.15, 0.2) is 0 Å². The number of hydrogen-bond donors (Lipinski definition) is 0. The Hall–Kier alpha value is -1.84. The van der Waals surface area contributed by atoms with Crippen molar-refractivity contribution in [2.75, 3.05) is 40.5 Å². The van der Waals surface area contributed by atoms with Crippen LogP contribution in [0.1, 0.15) is 51.2 Å². The summed E-state index contributed by atoms with van der Waals surface area (Å²) in [5.74, 6) is 1.48. The standard InChI is InChI=1S/C26H40NO2/c1-22(20-26(2,3)4)24-12-14-25(15-13-24)29-19-18-28-17-16-27(5,6)21-23-10-8-7-9-11-23/h7-15,22H,16-21H2,1-6H3/q+1. The van der Waals surface area contributed by atoms with Gasteiger partial charge in [-0.3, -0.25) is 0 Å². The van der Waals surface area contributed by atoms with Crippen molar-refractivity contribution in [2.24, 2.45) is 5.41 Å². The molecule has 2 rings (SSSR count). The van der Waals surface area contributed by atoms with E-state index in [2.05, 4.69) is 96.4 Å². The van der Waals surface area contributed by atoms with Crippen molar-refractivity contribution in [3.63, 3.8) is 0 Å². The minimum Gasteiger partial charge on any atom is -0.491 e. The number of quaternary nitrogens is 1. The van der Waals surface area contributed by atoms with Crippen LogP contribution in [0.15, 0.2) is 54.6 Å². The first-order valence-electron chi connectivity index (χ1n) is 10.8. The molecule has 0 amide bonds. The second-order valence-corrected chi connectivity index (χ2v) is 10.00. The molecule has 0 aliphatic rings. The molecule has 0 radical (unpaired) electrons. The van der Waals surface area contributed by atoms with Crippen molar-refractivity contribution in [3.05, 3.63) is 65.7 Å². The highest BCUT2D eigenvalue weighted by molar-refractivity contribution is 5.29. The molecule has 1 atom stereocenters. The molecule has 2 aromatic rings. The molecule has 0 N–H and O–H groups in total. The number of nitrogens with zero attached hydrogens (tertiary/aromatic N) is 1. The highest BCUT2D eigenvalue weighted by atomic mass is 16.5. The van der Waals surface area contributed by atoms with E-state index in [1.54, 1.807) is 0 Å². The minimum atomic E-state index is 0.348. The van der Waals surface area contributed by atoms with Gasteiger partial charge in [-0.15, -0.1) is 0 Å². The van der Waals surface area contributed by atoms with E-state index in [0.29, 0.717) is 24.5 Å². The summed E-state index contributed by atoms with van der Waals surface area (Å²) >= 11 is 0. The third kappa shape index (κ3) is 9.47. The Kier molecular flexibility index (Phi) is 8.73. The number of benzene rings is 2. The Morgan fingerprint density at radius 1 is 0.862 bits per heavy atom. The normalized spacial score (nSPS) is 13.3. The molecule has 3 nitrogen and oxygen atoms in total. The number of hydrogen-bond acceptors (Lipinski definition) is 2. The highest BCUT2D eigenvalue weighted by Crippen LogP contribution is 2.31. The summed E-state index contributed by atoms with van der Waals surface area (Å²) in [6.07, 6.45) is 1.18. The Bertz CT molecular complexity index is 702. The lowest BCUT2D eigenvalue weighted by Crippen LogP contribution is -2.41. The highest BCUT2D eigenvalue weighted by Gasteiger charge is 2.17. The zero-order valence-corrected chi connectivity index (χ0v) is 19.3. The van der Waals surface area contributed by atoms with E-state index in [-0.39, 0.29) is 0 Å². The van der Waals surface area contributed by atoms with Gasteiger partial charge in [-0.1, -0.05) is 70.2 Å². The predicted octanol–water partition coefficient (Wildman–Crippen LogP) is 5.90. The molecule has 1 unspecified atom stereocenters. The summed E-state index contributed by atoms with van der Waals surface area (Å²) in [5, 5.41) is 0. The maximum atomic E-state index is 5.84. The van der Waals surface area contributed by atoms with Crippen molar-refractivity contribution in [1.82, 2.24) is 0 Å². The molecular formula is C26H40NO2+. The molecule has 0 saturated heterocycles. The van der Waals surface area contributed by atoms with Crippen molar-refractivity contribution in [1.29, 1.82) is 0 Å². The van der Waals surface area contributed by atoms with E-state index in [0.717, 1.165) is 29.9 Å². The van der Waals surface area contributed by atoms with E-state index in [1.165, 1.54) is 17.5 Å². The van der Waals surface area contributed by atoms with Gasteiger partial charge in [0.2, 0.25) is 0 Å².